The third-order valence-corrected chi connectivity index (χ3v) is 7.77. The first kappa shape index (κ1) is 19.1. The summed E-state index contributed by atoms with van der Waals surface area (Å²) in [5, 5.41) is 19.6. The molecule has 3 aromatic rings. The van der Waals surface area contributed by atoms with Crippen molar-refractivity contribution >= 4 is 23.4 Å². The Morgan fingerprint density at radius 1 is 1.17 bits per heavy atom. The third kappa shape index (κ3) is 3.27. The molecule has 5 rings (SSSR count). The highest BCUT2D eigenvalue weighted by Gasteiger charge is 2.50. The van der Waals surface area contributed by atoms with E-state index in [0.717, 1.165) is 54.5 Å². The molecule has 29 heavy (non-hydrogen) atoms. The molecule has 1 aromatic carbocycles. The van der Waals surface area contributed by atoms with Crippen LogP contribution < -0.4 is 0 Å². The van der Waals surface area contributed by atoms with Crippen LogP contribution in [0.15, 0.2) is 42.6 Å². The Balaban J connectivity index is 1.48. The second-order valence-corrected chi connectivity index (χ2v) is 10.3. The SMILES string of the molecule is CC1(CO)Cc2nnc(C3(c4ccc(-c5ncccc5Cl)cc4)CC3)n2CCS1. The van der Waals surface area contributed by atoms with E-state index in [9.17, 15) is 5.11 Å². The lowest BCUT2D eigenvalue weighted by molar-refractivity contribution is 0.254. The molecule has 150 valence electrons. The zero-order valence-electron chi connectivity index (χ0n) is 16.3. The van der Waals surface area contributed by atoms with Crippen molar-refractivity contribution in [1.29, 1.82) is 0 Å². The van der Waals surface area contributed by atoms with Crippen LogP contribution in [0.25, 0.3) is 11.3 Å². The molecule has 0 amide bonds. The first-order valence-electron chi connectivity index (χ1n) is 9.93. The van der Waals surface area contributed by atoms with Gasteiger partial charge in [0.05, 0.1) is 22.7 Å². The highest BCUT2D eigenvalue weighted by molar-refractivity contribution is 8.00. The Morgan fingerprint density at radius 3 is 2.66 bits per heavy atom. The largest absolute Gasteiger partial charge is 0.395 e. The van der Waals surface area contributed by atoms with Gasteiger partial charge in [-0.15, -0.1) is 10.2 Å². The van der Waals surface area contributed by atoms with Crippen molar-refractivity contribution in [2.45, 2.75) is 42.9 Å². The van der Waals surface area contributed by atoms with Crippen molar-refractivity contribution in [3.05, 3.63) is 64.8 Å². The lowest BCUT2D eigenvalue weighted by atomic mass is 9.93. The molecule has 2 aliphatic rings. The molecule has 1 atom stereocenters. The summed E-state index contributed by atoms with van der Waals surface area (Å²) in [6.07, 6.45) is 4.67. The Bertz CT molecular complexity index is 1050. The summed E-state index contributed by atoms with van der Waals surface area (Å²) >= 11 is 8.13. The quantitative estimate of drug-likeness (QED) is 0.680. The maximum absolute atomic E-state index is 9.80. The standard InChI is InChI=1S/C22H23ClN4OS/c1-21(14-28)13-18-25-26-20(27(18)11-12-29-21)22(8-9-22)16-6-4-15(5-7-16)19-17(23)3-2-10-24-19/h2-7,10,28H,8-9,11-14H2,1H3. The molecule has 5 nitrogen and oxygen atoms in total. The summed E-state index contributed by atoms with van der Waals surface area (Å²) in [7, 11) is 0. The lowest BCUT2D eigenvalue weighted by Gasteiger charge is -2.23. The average molecular weight is 427 g/mol. The van der Waals surface area contributed by atoms with Gasteiger partial charge in [-0.25, -0.2) is 0 Å². The number of hydrogen-bond donors (Lipinski definition) is 1. The van der Waals surface area contributed by atoms with E-state index in [1.807, 2.05) is 23.9 Å². The van der Waals surface area contributed by atoms with Gasteiger partial charge in [0.2, 0.25) is 0 Å². The fraction of sp³-hybridized carbons (Fsp3) is 0.409. The highest BCUT2D eigenvalue weighted by atomic mass is 35.5. The van der Waals surface area contributed by atoms with Crippen LogP contribution in [0.5, 0.6) is 0 Å². The van der Waals surface area contributed by atoms with Crippen LogP contribution in [0.1, 0.15) is 37.0 Å². The van der Waals surface area contributed by atoms with E-state index in [1.54, 1.807) is 6.20 Å². The molecule has 0 radical (unpaired) electrons. The van der Waals surface area contributed by atoms with Crippen molar-refractivity contribution in [3.63, 3.8) is 0 Å². The molecule has 1 aliphatic carbocycles. The van der Waals surface area contributed by atoms with Gasteiger partial charge in [-0.1, -0.05) is 35.9 Å². The molecule has 2 aromatic heterocycles. The van der Waals surface area contributed by atoms with Crippen LogP contribution >= 0.6 is 23.4 Å². The van der Waals surface area contributed by atoms with Crippen LogP contribution in [-0.4, -0.2) is 42.0 Å². The molecule has 3 heterocycles. The first-order valence-corrected chi connectivity index (χ1v) is 11.3. The summed E-state index contributed by atoms with van der Waals surface area (Å²) in [4.78, 5) is 4.41. The van der Waals surface area contributed by atoms with Gasteiger partial charge in [-0.3, -0.25) is 4.98 Å². The van der Waals surface area contributed by atoms with E-state index in [2.05, 4.69) is 50.9 Å². The fourth-order valence-electron chi connectivity index (χ4n) is 4.24. The van der Waals surface area contributed by atoms with Gasteiger partial charge in [0.15, 0.2) is 0 Å². The number of fused-ring (bicyclic) bond motifs is 1. The van der Waals surface area contributed by atoms with E-state index in [0.29, 0.717) is 5.02 Å². The Morgan fingerprint density at radius 2 is 1.97 bits per heavy atom. The molecule has 1 saturated carbocycles. The monoisotopic (exact) mass is 426 g/mol. The highest BCUT2D eigenvalue weighted by Crippen LogP contribution is 2.53. The minimum atomic E-state index is -0.182. The molecule has 0 saturated heterocycles. The van der Waals surface area contributed by atoms with E-state index in [4.69, 9.17) is 11.6 Å². The zero-order chi connectivity index (χ0) is 20.1. The maximum Gasteiger partial charge on any atom is 0.143 e. The van der Waals surface area contributed by atoms with Gasteiger partial charge in [-0.05, 0) is 37.5 Å². The number of nitrogens with zero attached hydrogens (tertiary/aromatic N) is 4. The number of hydrogen-bond acceptors (Lipinski definition) is 5. The minimum absolute atomic E-state index is 0.0533. The predicted molar refractivity (Wildman–Crippen MR) is 116 cm³/mol. The van der Waals surface area contributed by atoms with E-state index in [-0.39, 0.29) is 16.8 Å². The van der Waals surface area contributed by atoms with Crippen LogP contribution in [0.4, 0.5) is 0 Å². The topological polar surface area (TPSA) is 63.8 Å². The van der Waals surface area contributed by atoms with Crippen molar-refractivity contribution in [2.24, 2.45) is 0 Å². The molecular formula is C22H23ClN4OS. The summed E-state index contributed by atoms with van der Waals surface area (Å²) in [6, 6.07) is 12.3. The normalized spacial score (nSPS) is 22.7. The number of aliphatic hydroxyl groups is 1. The van der Waals surface area contributed by atoms with Gasteiger partial charge in [-0.2, -0.15) is 11.8 Å². The number of halogens is 1. The smallest absolute Gasteiger partial charge is 0.143 e. The number of rotatable bonds is 4. The van der Waals surface area contributed by atoms with Gasteiger partial charge < -0.3 is 9.67 Å². The minimum Gasteiger partial charge on any atom is -0.395 e. The summed E-state index contributed by atoms with van der Waals surface area (Å²) in [5.74, 6) is 3.02. The fourth-order valence-corrected chi connectivity index (χ4v) is 5.56. The molecule has 1 unspecified atom stereocenters. The Hall–Kier alpha value is -1.89. The van der Waals surface area contributed by atoms with E-state index >= 15 is 0 Å². The van der Waals surface area contributed by atoms with Gasteiger partial charge in [0, 0.05) is 35.2 Å². The molecule has 1 aliphatic heterocycles. The molecular weight excluding hydrogens is 404 g/mol. The van der Waals surface area contributed by atoms with Crippen LogP contribution in [0.3, 0.4) is 0 Å². The number of aliphatic hydroxyl groups excluding tert-OH is 1. The number of thioether (sulfide) groups is 1. The Labute approximate surface area is 179 Å². The van der Waals surface area contributed by atoms with Crippen LogP contribution in [0.2, 0.25) is 5.02 Å². The second kappa shape index (κ2) is 7.11. The number of pyridine rings is 1. The molecule has 7 heteroatoms. The summed E-state index contributed by atoms with van der Waals surface area (Å²) in [5.41, 5.74) is 3.04. The van der Waals surface area contributed by atoms with Crippen LogP contribution in [-0.2, 0) is 18.4 Å². The molecule has 0 bridgehead atoms. The van der Waals surface area contributed by atoms with E-state index in [1.165, 1.54) is 5.56 Å². The molecule has 1 N–H and O–H groups in total. The zero-order valence-corrected chi connectivity index (χ0v) is 17.9. The summed E-state index contributed by atoms with van der Waals surface area (Å²) in [6.45, 7) is 3.15. The maximum atomic E-state index is 9.80. The van der Waals surface area contributed by atoms with Gasteiger partial charge >= 0.3 is 0 Å². The lowest BCUT2D eigenvalue weighted by Crippen LogP contribution is -2.28. The number of aromatic nitrogens is 4. The van der Waals surface area contributed by atoms with Crippen molar-refractivity contribution in [3.8, 4) is 11.3 Å². The van der Waals surface area contributed by atoms with Gasteiger partial charge in [0.1, 0.15) is 11.6 Å². The van der Waals surface area contributed by atoms with Crippen molar-refractivity contribution in [1.82, 2.24) is 19.7 Å². The van der Waals surface area contributed by atoms with Crippen molar-refractivity contribution < 1.29 is 5.11 Å². The van der Waals surface area contributed by atoms with Crippen LogP contribution in [0, 0.1) is 0 Å². The predicted octanol–water partition coefficient (Wildman–Crippen LogP) is 4.11. The van der Waals surface area contributed by atoms with Crippen molar-refractivity contribution in [2.75, 3.05) is 12.4 Å². The third-order valence-electron chi connectivity index (χ3n) is 6.11. The van der Waals surface area contributed by atoms with Gasteiger partial charge in [0.25, 0.3) is 0 Å². The second-order valence-electron chi connectivity index (χ2n) is 8.22. The first-order chi connectivity index (χ1) is 14.0. The molecule has 0 spiro atoms. The average Bonchev–Trinajstić information content (AvgIpc) is 3.48. The van der Waals surface area contributed by atoms with E-state index < -0.39 is 0 Å². The molecule has 1 fully saturated rings. The number of benzene rings is 1. The summed E-state index contributed by atoms with van der Waals surface area (Å²) < 4.78 is 2.11. The Kier molecular flexibility index (Phi) is 4.68.